The molecule has 0 N–H and O–H groups in total. The first kappa shape index (κ1) is 11.1. The summed E-state index contributed by atoms with van der Waals surface area (Å²) in [6.45, 7) is 3.56. The predicted molar refractivity (Wildman–Crippen MR) is 61.6 cm³/mol. The smallest absolute Gasteiger partial charge is 0.338 e. The van der Waals surface area contributed by atoms with Crippen molar-refractivity contribution >= 4 is 11.6 Å². The Bertz CT molecular complexity index is 647. The molecular weight excluding hydrogens is 218 g/mol. The van der Waals surface area contributed by atoms with Crippen molar-refractivity contribution in [2.24, 2.45) is 0 Å². The fraction of sp³-hybridized carbons (Fsp3) is 0.250. The van der Waals surface area contributed by atoms with Crippen LogP contribution in [0.5, 0.6) is 0 Å². The van der Waals surface area contributed by atoms with Crippen LogP contribution in [-0.4, -0.2) is 27.7 Å². The van der Waals surface area contributed by atoms with Gasteiger partial charge in [0.1, 0.15) is 11.5 Å². The van der Waals surface area contributed by atoms with E-state index < -0.39 is 5.97 Å². The van der Waals surface area contributed by atoms with E-state index in [-0.39, 0.29) is 0 Å². The molecule has 0 aromatic carbocycles. The van der Waals surface area contributed by atoms with E-state index in [0.717, 1.165) is 5.82 Å². The molecule has 0 amide bonds. The van der Waals surface area contributed by atoms with E-state index >= 15 is 0 Å². The Morgan fingerprint density at radius 1 is 1.41 bits per heavy atom. The van der Waals surface area contributed by atoms with Crippen LogP contribution in [0, 0.1) is 18.8 Å². The molecule has 0 fully saturated rings. The Balaban J connectivity index is 2.76. The number of ether oxygens (including phenoxy) is 1. The third-order valence-electron chi connectivity index (χ3n) is 2.34. The van der Waals surface area contributed by atoms with E-state index in [1.807, 2.05) is 6.92 Å². The summed E-state index contributed by atoms with van der Waals surface area (Å²) < 4.78 is 6.48. The Labute approximate surface area is 98.4 Å². The van der Waals surface area contributed by atoms with Crippen LogP contribution in [0.3, 0.4) is 0 Å². The van der Waals surface area contributed by atoms with Crippen molar-refractivity contribution in [2.45, 2.75) is 13.8 Å². The van der Waals surface area contributed by atoms with E-state index in [4.69, 9.17) is 0 Å². The fourth-order valence-corrected chi connectivity index (χ4v) is 1.62. The highest BCUT2D eigenvalue weighted by atomic mass is 16.5. The van der Waals surface area contributed by atoms with Gasteiger partial charge in [-0.25, -0.2) is 4.79 Å². The Morgan fingerprint density at radius 3 is 2.82 bits per heavy atom. The van der Waals surface area contributed by atoms with Crippen molar-refractivity contribution in [3.05, 3.63) is 29.2 Å². The fourth-order valence-electron chi connectivity index (χ4n) is 1.62. The third-order valence-corrected chi connectivity index (χ3v) is 2.34. The molecular formula is C12H11N3O2. The molecule has 2 heterocycles. The van der Waals surface area contributed by atoms with Crippen LogP contribution in [0.25, 0.3) is 5.65 Å². The Morgan fingerprint density at radius 2 is 2.18 bits per heavy atom. The average Bonchev–Trinajstić information content (AvgIpc) is 2.70. The molecule has 0 aliphatic heterocycles. The summed E-state index contributed by atoms with van der Waals surface area (Å²) in [6.07, 6.45) is 0. The van der Waals surface area contributed by atoms with Gasteiger partial charge >= 0.3 is 5.97 Å². The van der Waals surface area contributed by atoms with Crippen LogP contribution in [0.2, 0.25) is 0 Å². The highest BCUT2D eigenvalue weighted by Gasteiger charge is 2.12. The zero-order valence-corrected chi connectivity index (χ0v) is 9.81. The summed E-state index contributed by atoms with van der Waals surface area (Å²) in [5.74, 6) is 6.04. The zero-order valence-electron chi connectivity index (χ0n) is 9.81. The van der Waals surface area contributed by atoms with Crippen molar-refractivity contribution < 1.29 is 9.53 Å². The number of esters is 1. The van der Waals surface area contributed by atoms with Gasteiger partial charge in [0.05, 0.1) is 12.7 Å². The molecule has 0 spiro atoms. The maximum atomic E-state index is 11.5. The number of fused-ring (bicyclic) bond motifs is 1. The first-order valence-electron chi connectivity index (χ1n) is 5.04. The normalized spacial score (nSPS) is 9.82. The van der Waals surface area contributed by atoms with Gasteiger partial charge in [0, 0.05) is 0 Å². The van der Waals surface area contributed by atoms with E-state index in [9.17, 15) is 4.79 Å². The third kappa shape index (κ3) is 1.85. The molecule has 86 valence electrons. The molecule has 0 saturated carbocycles. The van der Waals surface area contributed by atoms with Crippen LogP contribution in [0.15, 0.2) is 12.1 Å². The van der Waals surface area contributed by atoms with Crippen molar-refractivity contribution in [3.8, 4) is 11.8 Å². The SMILES string of the molecule is CC#Cc1cc(C(=O)OC)cc2nnc(C)n12. The molecule has 0 atom stereocenters. The second-order valence-corrected chi connectivity index (χ2v) is 3.44. The van der Waals surface area contributed by atoms with Crippen molar-refractivity contribution in [2.75, 3.05) is 7.11 Å². The minimum atomic E-state index is -0.410. The summed E-state index contributed by atoms with van der Waals surface area (Å²) >= 11 is 0. The highest BCUT2D eigenvalue weighted by Crippen LogP contribution is 2.12. The number of hydrogen-bond donors (Lipinski definition) is 0. The van der Waals surface area contributed by atoms with Crippen molar-refractivity contribution in [1.29, 1.82) is 0 Å². The number of pyridine rings is 1. The van der Waals surface area contributed by atoms with Crippen molar-refractivity contribution in [3.63, 3.8) is 0 Å². The van der Waals surface area contributed by atoms with E-state index in [0.29, 0.717) is 16.9 Å². The minimum absolute atomic E-state index is 0.410. The van der Waals surface area contributed by atoms with Gasteiger partial charge in [0.2, 0.25) is 0 Å². The largest absolute Gasteiger partial charge is 0.465 e. The average molecular weight is 229 g/mol. The van der Waals surface area contributed by atoms with Gasteiger partial charge in [-0.05, 0) is 31.9 Å². The Hall–Kier alpha value is -2.35. The van der Waals surface area contributed by atoms with Crippen molar-refractivity contribution in [1.82, 2.24) is 14.6 Å². The van der Waals surface area contributed by atoms with Crippen LogP contribution in [0.4, 0.5) is 0 Å². The summed E-state index contributed by atoms with van der Waals surface area (Å²) in [7, 11) is 1.34. The van der Waals surface area contributed by atoms with Crippen LogP contribution in [-0.2, 0) is 4.74 Å². The second-order valence-electron chi connectivity index (χ2n) is 3.44. The molecule has 0 aliphatic carbocycles. The number of aryl methyl sites for hydroxylation is 1. The van der Waals surface area contributed by atoms with E-state index in [2.05, 4.69) is 26.8 Å². The lowest BCUT2D eigenvalue weighted by Gasteiger charge is -2.03. The molecule has 0 aliphatic rings. The zero-order chi connectivity index (χ0) is 12.4. The minimum Gasteiger partial charge on any atom is -0.465 e. The number of carbonyl (C=O) groups is 1. The van der Waals surface area contributed by atoms with E-state index in [1.165, 1.54) is 7.11 Å². The first-order valence-corrected chi connectivity index (χ1v) is 5.04. The lowest BCUT2D eigenvalue weighted by Crippen LogP contribution is -2.05. The number of rotatable bonds is 1. The number of methoxy groups -OCH3 is 1. The van der Waals surface area contributed by atoms with Crippen LogP contribution >= 0.6 is 0 Å². The van der Waals surface area contributed by atoms with Gasteiger partial charge in [-0.1, -0.05) is 5.92 Å². The van der Waals surface area contributed by atoms with Crippen LogP contribution in [0.1, 0.15) is 28.8 Å². The molecule has 2 aromatic heterocycles. The molecule has 2 rings (SSSR count). The summed E-state index contributed by atoms with van der Waals surface area (Å²) in [6, 6.07) is 3.30. The number of hydrogen-bond acceptors (Lipinski definition) is 4. The number of aromatic nitrogens is 3. The molecule has 0 bridgehead atoms. The van der Waals surface area contributed by atoms with Gasteiger partial charge in [0.25, 0.3) is 0 Å². The topological polar surface area (TPSA) is 56.5 Å². The molecule has 0 radical (unpaired) electrons. The maximum absolute atomic E-state index is 11.5. The maximum Gasteiger partial charge on any atom is 0.338 e. The highest BCUT2D eigenvalue weighted by molar-refractivity contribution is 5.90. The van der Waals surface area contributed by atoms with E-state index in [1.54, 1.807) is 23.5 Å². The van der Waals surface area contributed by atoms with Gasteiger partial charge in [-0.3, -0.25) is 4.40 Å². The summed E-state index contributed by atoms with van der Waals surface area (Å²) in [5.41, 5.74) is 1.68. The molecule has 0 unspecified atom stereocenters. The summed E-state index contributed by atoms with van der Waals surface area (Å²) in [5, 5.41) is 7.93. The first-order chi connectivity index (χ1) is 8.17. The Kier molecular flexibility index (Phi) is 2.79. The van der Waals surface area contributed by atoms with Gasteiger partial charge < -0.3 is 4.74 Å². The number of carbonyl (C=O) groups excluding carboxylic acids is 1. The monoisotopic (exact) mass is 229 g/mol. The molecule has 5 heteroatoms. The molecule has 5 nitrogen and oxygen atoms in total. The van der Waals surface area contributed by atoms with Gasteiger partial charge in [-0.2, -0.15) is 0 Å². The molecule has 17 heavy (non-hydrogen) atoms. The number of nitrogens with zero attached hydrogens (tertiary/aromatic N) is 3. The lowest BCUT2D eigenvalue weighted by molar-refractivity contribution is 0.0600. The second kappa shape index (κ2) is 4.26. The van der Waals surface area contributed by atoms with Gasteiger partial charge in [-0.15, -0.1) is 10.2 Å². The van der Waals surface area contributed by atoms with Crippen LogP contribution < -0.4 is 0 Å². The lowest BCUT2D eigenvalue weighted by atomic mass is 10.2. The van der Waals surface area contributed by atoms with Gasteiger partial charge in [0.15, 0.2) is 5.65 Å². The summed E-state index contributed by atoms with van der Waals surface area (Å²) in [4.78, 5) is 11.5. The molecule has 0 saturated heterocycles. The molecule has 2 aromatic rings. The quantitative estimate of drug-likeness (QED) is 0.544. The predicted octanol–water partition coefficient (Wildman–Crippen LogP) is 1.20. The standard InChI is InChI=1S/C12H11N3O2/c1-4-5-10-6-9(12(16)17-3)7-11-14-13-8(2)15(10)11/h6-7H,1-3H3.